The molecule has 0 aliphatic carbocycles. The standard InChI is InChI=1S/C15H19N3O3/c19-15(17-11-12-4-3-9-16-10-12)8-7-13-5-1-2-6-14(13)18(20)21/h1-2,5-8,12,16H,3-4,9-11H2,(H,17,19). The molecular formula is C15H19N3O3. The molecule has 0 radical (unpaired) electrons. The highest BCUT2D eigenvalue weighted by molar-refractivity contribution is 5.92. The lowest BCUT2D eigenvalue weighted by Gasteiger charge is -2.22. The Kier molecular flexibility index (Phi) is 5.45. The number of carbonyl (C=O) groups is 1. The van der Waals surface area contributed by atoms with Crippen LogP contribution in [0.2, 0.25) is 0 Å². The van der Waals surface area contributed by atoms with Gasteiger partial charge in [-0.2, -0.15) is 0 Å². The van der Waals surface area contributed by atoms with Crippen molar-refractivity contribution in [1.29, 1.82) is 0 Å². The quantitative estimate of drug-likeness (QED) is 0.491. The zero-order valence-corrected chi connectivity index (χ0v) is 11.7. The fraction of sp³-hybridized carbons (Fsp3) is 0.400. The van der Waals surface area contributed by atoms with Crippen LogP contribution in [0.1, 0.15) is 18.4 Å². The minimum absolute atomic E-state index is 0.00182. The zero-order chi connectivity index (χ0) is 15.1. The van der Waals surface area contributed by atoms with Gasteiger partial charge in [0.2, 0.25) is 5.91 Å². The number of piperidine rings is 1. The Bertz CT molecular complexity index is 537. The molecule has 0 aromatic heterocycles. The molecule has 1 aliphatic rings. The van der Waals surface area contributed by atoms with E-state index in [1.807, 2.05) is 0 Å². The van der Waals surface area contributed by atoms with E-state index < -0.39 is 4.92 Å². The van der Waals surface area contributed by atoms with Crippen molar-refractivity contribution in [2.24, 2.45) is 5.92 Å². The van der Waals surface area contributed by atoms with Crippen molar-refractivity contribution in [2.75, 3.05) is 19.6 Å². The minimum Gasteiger partial charge on any atom is -0.352 e. The highest BCUT2D eigenvalue weighted by atomic mass is 16.6. The summed E-state index contributed by atoms with van der Waals surface area (Å²) in [5.41, 5.74) is 0.426. The van der Waals surface area contributed by atoms with Crippen LogP contribution in [-0.4, -0.2) is 30.5 Å². The minimum atomic E-state index is -0.453. The lowest BCUT2D eigenvalue weighted by Crippen LogP contribution is -2.37. The van der Waals surface area contributed by atoms with Crippen molar-refractivity contribution in [3.05, 3.63) is 46.0 Å². The molecule has 2 rings (SSSR count). The Morgan fingerprint density at radius 1 is 1.48 bits per heavy atom. The number of nitro benzene ring substituents is 1. The molecule has 6 nitrogen and oxygen atoms in total. The molecule has 1 aromatic carbocycles. The molecule has 1 atom stereocenters. The monoisotopic (exact) mass is 289 g/mol. The van der Waals surface area contributed by atoms with Gasteiger partial charge in [-0.15, -0.1) is 0 Å². The average molecular weight is 289 g/mol. The summed E-state index contributed by atoms with van der Waals surface area (Å²) in [6, 6.07) is 6.35. The van der Waals surface area contributed by atoms with Gasteiger partial charge in [0.15, 0.2) is 0 Å². The summed E-state index contributed by atoms with van der Waals surface area (Å²) < 4.78 is 0. The van der Waals surface area contributed by atoms with Gasteiger partial charge in [0, 0.05) is 18.7 Å². The van der Waals surface area contributed by atoms with Crippen molar-refractivity contribution in [2.45, 2.75) is 12.8 Å². The molecule has 0 spiro atoms. The summed E-state index contributed by atoms with van der Waals surface area (Å²) in [5, 5.41) is 17.0. The SMILES string of the molecule is O=C(C=Cc1ccccc1[N+](=O)[O-])NCC1CCCNC1. The summed E-state index contributed by atoms with van der Waals surface area (Å²) in [5.74, 6) is 0.237. The molecule has 0 bridgehead atoms. The van der Waals surface area contributed by atoms with Gasteiger partial charge in [-0.05, 0) is 44.0 Å². The Morgan fingerprint density at radius 2 is 2.29 bits per heavy atom. The molecule has 6 heteroatoms. The summed E-state index contributed by atoms with van der Waals surface area (Å²) in [6.45, 7) is 2.60. The molecule has 2 N–H and O–H groups in total. The van der Waals surface area contributed by atoms with Crippen LogP contribution < -0.4 is 10.6 Å². The average Bonchev–Trinajstić information content (AvgIpc) is 2.52. The van der Waals surface area contributed by atoms with Crippen LogP contribution in [0.15, 0.2) is 30.3 Å². The third-order valence-electron chi connectivity index (χ3n) is 3.51. The number of amides is 1. The number of benzene rings is 1. The maximum atomic E-state index is 11.8. The third-order valence-corrected chi connectivity index (χ3v) is 3.51. The molecular weight excluding hydrogens is 270 g/mol. The Labute approximate surface area is 123 Å². The fourth-order valence-corrected chi connectivity index (χ4v) is 2.36. The van der Waals surface area contributed by atoms with Crippen LogP contribution in [0, 0.1) is 16.0 Å². The van der Waals surface area contributed by atoms with Gasteiger partial charge in [0.1, 0.15) is 0 Å². The Balaban J connectivity index is 1.88. The topological polar surface area (TPSA) is 84.3 Å². The second-order valence-electron chi connectivity index (χ2n) is 5.11. The first-order valence-electron chi connectivity index (χ1n) is 7.07. The smallest absolute Gasteiger partial charge is 0.276 e. The summed E-state index contributed by atoms with van der Waals surface area (Å²) in [6.07, 6.45) is 5.07. The molecule has 0 saturated carbocycles. The van der Waals surface area contributed by atoms with Gasteiger partial charge in [-0.3, -0.25) is 14.9 Å². The molecule has 1 amide bonds. The van der Waals surface area contributed by atoms with Gasteiger partial charge in [-0.25, -0.2) is 0 Å². The molecule has 1 aliphatic heterocycles. The van der Waals surface area contributed by atoms with Crippen LogP contribution in [-0.2, 0) is 4.79 Å². The number of carbonyl (C=O) groups excluding carboxylic acids is 1. The number of nitrogens with one attached hydrogen (secondary N) is 2. The third kappa shape index (κ3) is 4.68. The normalized spacial score (nSPS) is 18.6. The Morgan fingerprint density at radius 3 is 3.00 bits per heavy atom. The fourth-order valence-electron chi connectivity index (χ4n) is 2.36. The Hall–Kier alpha value is -2.21. The van der Waals surface area contributed by atoms with Crippen LogP contribution in [0.25, 0.3) is 6.08 Å². The van der Waals surface area contributed by atoms with E-state index >= 15 is 0 Å². The maximum Gasteiger partial charge on any atom is 0.276 e. The van der Waals surface area contributed by atoms with Gasteiger partial charge in [-0.1, -0.05) is 12.1 Å². The number of nitro groups is 1. The van der Waals surface area contributed by atoms with E-state index in [-0.39, 0.29) is 11.6 Å². The molecule has 112 valence electrons. The van der Waals surface area contributed by atoms with Gasteiger partial charge in [0.05, 0.1) is 10.5 Å². The predicted molar refractivity (Wildman–Crippen MR) is 80.7 cm³/mol. The van der Waals surface area contributed by atoms with E-state index in [9.17, 15) is 14.9 Å². The van der Waals surface area contributed by atoms with Crippen LogP contribution >= 0.6 is 0 Å². The van der Waals surface area contributed by atoms with Gasteiger partial charge < -0.3 is 10.6 Å². The number of hydrogen-bond acceptors (Lipinski definition) is 4. The van der Waals surface area contributed by atoms with Crippen molar-refractivity contribution < 1.29 is 9.72 Å². The first-order valence-corrected chi connectivity index (χ1v) is 7.07. The maximum absolute atomic E-state index is 11.8. The lowest BCUT2D eigenvalue weighted by molar-refractivity contribution is -0.385. The van der Waals surface area contributed by atoms with Crippen molar-refractivity contribution >= 4 is 17.7 Å². The van der Waals surface area contributed by atoms with Crippen molar-refractivity contribution in [3.8, 4) is 0 Å². The first kappa shape index (κ1) is 15.2. The van der Waals surface area contributed by atoms with E-state index in [1.54, 1.807) is 18.2 Å². The van der Waals surface area contributed by atoms with Crippen LogP contribution in [0.5, 0.6) is 0 Å². The highest BCUT2D eigenvalue weighted by Crippen LogP contribution is 2.18. The summed E-state index contributed by atoms with van der Waals surface area (Å²) in [4.78, 5) is 22.2. The van der Waals surface area contributed by atoms with E-state index in [0.29, 0.717) is 18.0 Å². The van der Waals surface area contributed by atoms with Gasteiger partial charge >= 0.3 is 0 Å². The molecule has 1 unspecified atom stereocenters. The molecule has 1 saturated heterocycles. The largest absolute Gasteiger partial charge is 0.352 e. The van der Waals surface area contributed by atoms with Crippen LogP contribution in [0.3, 0.4) is 0 Å². The first-order chi connectivity index (χ1) is 10.2. The summed E-state index contributed by atoms with van der Waals surface area (Å²) in [7, 11) is 0. The second kappa shape index (κ2) is 7.54. The highest BCUT2D eigenvalue weighted by Gasteiger charge is 2.13. The van der Waals surface area contributed by atoms with Gasteiger partial charge in [0.25, 0.3) is 5.69 Å². The number of para-hydroxylation sites is 1. The van der Waals surface area contributed by atoms with E-state index in [4.69, 9.17) is 0 Å². The predicted octanol–water partition coefficient (Wildman–Crippen LogP) is 1.72. The van der Waals surface area contributed by atoms with Crippen LogP contribution in [0.4, 0.5) is 5.69 Å². The number of hydrogen-bond donors (Lipinski definition) is 2. The van der Waals surface area contributed by atoms with E-state index in [0.717, 1.165) is 25.9 Å². The zero-order valence-electron chi connectivity index (χ0n) is 11.7. The van der Waals surface area contributed by atoms with Crippen molar-refractivity contribution in [3.63, 3.8) is 0 Å². The summed E-state index contributed by atoms with van der Waals surface area (Å²) >= 11 is 0. The molecule has 1 heterocycles. The molecule has 1 aromatic rings. The van der Waals surface area contributed by atoms with E-state index in [2.05, 4.69) is 10.6 Å². The van der Waals surface area contributed by atoms with Crippen molar-refractivity contribution in [1.82, 2.24) is 10.6 Å². The number of rotatable bonds is 5. The molecule has 21 heavy (non-hydrogen) atoms. The second-order valence-corrected chi connectivity index (χ2v) is 5.11. The van der Waals surface area contributed by atoms with E-state index in [1.165, 1.54) is 18.2 Å². The lowest BCUT2D eigenvalue weighted by atomic mass is 10.00. The molecule has 1 fully saturated rings. The number of nitrogens with zero attached hydrogens (tertiary/aromatic N) is 1.